The third-order valence-corrected chi connectivity index (χ3v) is 4.72. The molecule has 0 amide bonds. The van der Waals surface area contributed by atoms with Gasteiger partial charge in [0.15, 0.2) is 0 Å². The van der Waals surface area contributed by atoms with Gasteiger partial charge in [-0.15, -0.1) is 11.3 Å². The van der Waals surface area contributed by atoms with Gasteiger partial charge in [-0.05, 0) is 48.7 Å². The Balaban J connectivity index is 1.73. The second kappa shape index (κ2) is 5.13. The molecule has 2 heteroatoms. The Morgan fingerprint density at radius 1 is 1.47 bits per heavy atom. The lowest BCUT2D eigenvalue weighted by molar-refractivity contribution is 0.392. The van der Waals surface area contributed by atoms with Crippen LogP contribution in [0, 0.1) is 18.8 Å². The van der Waals surface area contributed by atoms with Gasteiger partial charge in [0.25, 0.3) is 0 Å². The highest BCUT2D eigenvalue weighted by atomic mass is 32.1. The minimum atomic E-state index is 0.922. The first-order chi connectivity index (χ1) is 7.27. The van der Waals surface area contributed by atoms with Crippen LogP contribution in [0.4, 0.5) is 0 Å². The van der Waals surface area contributed by atoms with Crippen molar-refractivity contribution >= 4 is 11.3 Å². The van der Waals surface area contributed by atoms with Crippen molar-refractivity contribution in [2.24, 2.45) is 11.8 Å². The third kappa shape index (κ3) is 2.82. The van der Waals surface area contributed by atoms with E-state index in [9.17, 15) is 0 Å². The van der Waals surface area contributed by atoms with Crippen LogP contribution in [0.3, 0.4) is 0 Å². The van der Waals surface area contributed by atoms with Gasteiger partial charge < -0.3 is 5.32 Å². The molecule has 1 aliphatic rings. The Kier molecular flexibility index (Phi) is 3.81. The van der Waals surface area contributed by atoms with E-state index in [1.807, 2.05) is 11.3 Å². The first-order valence-corrected chi connectivity index (χ1v) is 6.89. The normalized spacial score (nSPS) is 26.0. The Morgan fingerprint density at radius 3 is 2.93 bits per heavy atom. The predicted octanol–water partition coefficient (Wildman–Crippen LogP) is 3.58. The van der Waals surface area contributed by atoms with Crippen LogP contribution in [-0.4, -0.2) is 6.54 Å². The van der Waals surface area contributed by atoms with Crippen LogP contribution in [0.5, 0.6) is 0 Å². The van der Waals surface area contributed by atoms with Crippen LogP contribution in [0.2, 0.25) is 0 Å². The summed E-state index contributed by atoms with van der Waals surface area (Å²) in [7, 11) is 0. The molecule has 1 fully saturated rings. The molecule has 0 aliphatic heterocycles. The van der Waals surface area contributed by atoms with E-state index in [4.69, 9.17) is 0 Å². The smallest absolute Gasteiger partial charge is 0.0302 e. The fraction of sp³-hybridized carbons (Fsp3) is 0.692. The van der Waals surface area contributed by atoms with Crippen LogP contribution in [0.25, 0.3) is 0 Å². The van der Waals surface area contributed by atoms with Gasteiger partial charge in [0, 0.05) is 11.4 Å². The maximum atomic E-state index is 3.61. The van der Waals surface area contributed by atoms with Crippen LogP contribution in [0.15, 0.2) is 11.4 Å². The molecule has 1 N–H and O–H groups in total. The van der Waals surface area contributed by atoms with E-state index in [-0.39, 0.29) is 0 Å². The Hall–Kier alpha value is -0.340. The maximum Gasteiger partial charge on any atom is 0.0302 e. The van der Waals surface area contributed by atoms with E-state index < -0.39 is 0 Å². The standard InChI is InChI=1S/C13H21NS/c1-10-4-3-5-12(10)8-14-9-13-11(2)6-7-15-13/h6-7,10,12,14H,3-5,8-9H2,1-2H3. The highest BCUT2D eigenvalue weighted by Crippen LogP contribution is 2.30. The van der Waals surface area contributed by atoms with Crippen molar-refractivity contribution in [2.45, 2.75) is 39.7 Å². The molecule has 0 saturated heterocycles. The molecule has 1 aromatic heterocycles. The number of thiophene rings is 1. The minimum absolute atomic E-state index is 0.922. The summed E-state index contributed by atoms with van der Waals surface area (Å²) >= 11 is 1.87. The minimum Gasteiger partial charge on any atom is -0.312 e. The van der Waals surface area contributed by atoms with Crippen molar-refractivity contribution in [3.63, 3.8) is 0 Å². The molecule has 0 bridgehead atoms. The van der Waals surface area contributed by atoms with E-state index >= 15 is 0 Å². The van der Waals surface area contributed by atoms with Crippen LogP contribution in [-0.2, 0) is 6.54 Å². The van der Waals surface area contributed by atoms with Crippen molar-refractivity contribution in [1.29, 1.82) is 0 Å². The monoisotopic (exact) mass is 223 g/mol. The van der Waals surface area contributed by atoms with Gasteiger partial charge >= 0.3 is 0 Å². The number of hydrogen-bond donors (Lipinski definition) is 1. The number of aryl methyl sites for hydroxylation is 1. The molecule has 1 aliphatic carbocycles. The lowest BCUT2D eigenvalue weighted by atomic mass is 9.98. The van der Waals surface area contributed by atoms with Gasteiger partial charge in [0.1, 0.15) is 0 Å². The molecule has 15 heavy (non-hydrogen) atoms. The molecular weight excluding hydrogens is 202 g/mol. The van der Waals surface area contributed by atoms with E-state index in [2.05, 4.69) is 30.6 Å². The molecule has 2 unspecified atom stereocenters. The van der Waals surface area contributed by atoms with E-state index in [0.29, 0.717) is 0 Å². The summed E-state index contributed by atoms with van der Waals surface area (Å²) in [6.07, 6.45) is 4.30. The lowest BCUT2D eigenvalue weighted by Crippen LogP contribution is -2.23. The van der Waals surface area contributed by atoms with Gasteiger partial charge in [-0.1, -0.05) is 19.8 Å². The summed E-state index contributed by atoms with van der Waals surface area (Å²) < 4.78 is 0. The second-order valence-corrected chi connectivity index (χ2v) is 5.83. The average Bonchev–Trinajstić information content (AvgIpc) is 2.78. The third-order valence-electron chi connectivity index (χ3n) is 3.70. The summed E-state index contributed by atoms with van der Waals surface area (Å²) in [6, 6.07) is 2.21. The first-order valence-electron chi connectivity index (χ1n) is 6.01. The molecule has 2 atom stereocenters. The van der Waals surface area contributed by atoms with E-state index in [0.717, 1.165) is 18.4 Å². The molecule has 1 aromatic rings. The summed E-state index contributed by atoms with van der Waals surface area (Å²) in [5.74, 6) is 1.85. The molecule has 84 valence electrons. The van der Waals surface area contributed by atoms with E-state index in [1.165, 1.54) is 36.2 Å². The number of nitrogens with one attached hydrogen (secondary N) is 1. The topological polar surface area (TPSA) is 12.0 Å². The lowest BCUT2D eigenvalue weighted by Gasteiger charge is -2.15. The number of hydrogen-bond acceptors (Lipinski definition) is 2. The zero-order valence-electron chi connectivity index (χ0n) is 9.75. The van der Waals surface area contributed by atoms with Crippen LogP contribution < -0.4 is 5.32 Å². The zero-order valence-corrected chi connectivity index (χ0v) is 10.6. The van der Waals surface area contributed by atoms with Gasteiger partial charge in [-0.3, -0.25) is 0 Å². The second-order valence-electron chi connectivity index (χ2n) is 4.83. The largest absolute Gasteiger partial charge is 0.312 e. The van der Waals surface area contributed by atoms with Crippen LogP contribution in [0.1, 0.15) is 36.6 Å². The Morgan fingerprint density at radius 2 is 2.33 bits per heavy atom. The molecule has 0 spiro atoms. The molecule has 1 saturated carbocycles. The molecule has 0 aromatic carbocycles. The zero-order chi connectivity index (χ0) is 10.7. The van der Waals surface area contributed by atoms with E-state index in [1.54, 1.807) is 0 Å². The van der Waals surface area contributed by atoms with Crippen molar-refractivity contribution in [1.82, 2.24) is 5.32 Å². The first kappa shape index (κ1) is 11.2. The highest BCUT2D eigenvalue weighted by Gasteiger charge is 2.22. The highest BCUT2D eigenvalue weighted by molar-refractivity contribution is 7.10. The molecule has 2 rings (SSSR count). The maximum absolute atomic E-state index is 3.61. The van der Waals surface area contributed by atoms with Crippen molar-refractivity contribution in [3.05, 3.63) is 21.9 Å². The fourth-order valence-electron chi connectivity index (χ4n) is 2.48. The van der Waals surface area contributed by atoms with Gasteiger partial charge in [0.2, 0.25) is 0 Å². The quantitative estimate of drug-likeness (QED) is 0.822. The molecular formula is C13H21NS. The Labute approximate surface area is 96.9 Å². The fourth-order valence-corrected chi connectivity index (χ4v) is 3.36. The van der Waals surface area contributed by atoms with Crippen LogP contribution >= 0.6 is 11.3 Å². The summed E-state index contributed by atoms with van der Waals surface area (Å²) in [4.78, 5) is 1.50. The number of rotatable bonds is 4. The summed E-state index contributed by atoms with van der Waals surface area (Å²) in [5.41, 5.74) is 1.44. The van der Waals surface area contributed by atoms with Gasteiger partial charge in [-0.25, -0.2) is 0 Å². The molecule has 1 heterocycles. The predicted molar refractivity (Wildman–Crippen MR) is 67.3 cm³/mol. The van der Waals surface area contributed by atoms with Gasteiger partial charge in [0.05, 0.1) is 0 Å². The van der Waals surface area contributed by atoms with Crippen molar-refractivity contribution in [3.8, 4) is 0 Å². The molecule has 1 nitrogen and oxygen atoms in total. The molecule has 0 radical (unpaired) electrons. The summed E-state index contributed by atoms with van der Waals surface area (Å²) in [6.45, 7) is 6.87. The van der Waals surface area contributed by atoms with Crippen molar-refractivity contribution in [2.75, 3.05) is 6.54 Å². The summed E-state index contributed by atoms with van der Waals surface area (Å²) in [5, 5.41) is 5.80. The average molecular weight is 223 g/mol. The SMILES string of the molecule is Cc1ccsc1CNCC1CCCC1C. The Bertz CT molecular complexity index is 305. The van der Waals surface area contributed by atoms with Gasteiger partial charge in [-0.2, -0.15) is 0 Å². The van der Waals surface area contributed by atoms with Crippen molar-refractivity contribution < 1.29 is 0 Å².